The van der Waals surface area contributed by atoms with Crippen LogP contribution in [0.2, 0.25) is 0 Å². The minimum Gasteiger partial charge on any atom is -0.481 e. The molecule has 1 heterocycles. The fourth-order valence-corrected chi connectivity index (χ4v) is 5.12. The van der Waals surface area contributed by atoms with Crippen molar-refractivity contribution in [3.63, 3.8) is 0 Å². The van der Waals surface area contributed by atoms with Crippen molar-refractivity contribution < 1.29 is 22.8 Å². The molecule has 2 aromatic carbocycles. The Hall–Kier alpha value is -3.71. The maximum absolute atomic E-state index is 11.7. The van der Waals surface area contributed by atoms with Gasteiger partial charge < -0.3 is 9.63 Å². The number of aromatic nitrogens is 1. The first-order chi connectivity index (χ1) is 16.7. The van der Waals surface area contributed by atoms with Crippen LogP contribution in [-0.4, -0.2) is 30.9 Å². The molecule has 1 N–H and O–H groups in total. The molecule has 1 aromatic heterocycles. The van der Waals surface area contributed by atoms with E-state index in [-0.39, 0.29) is 5.75 Å². The van der Waals surface area contributed by atoms with Gasteiger partial charge in [0.05, 0.1) is 16.9 Å². The summed E-state index contributed by atoms with van der Waals surface area (Å²) in [5, 5.41) is 13.3. The normalized spacial score (nSPS) is 14.6. The summed E-state index contributed by atoms with van der Waals surface area (Å²) in [4.78, 5) is 11.5. The summed E-state index contributed by atoms with van der Waals surface area (Å²) in [6.45, 7) is 1.73. The van der Waals surface area contributed by atoms with Crippen molar-refractivity contribution in [3.05, 3.63) is 89.6 Å². The Morgan fingerprint density at radius 2 is 1.29 bits per heavy atom. The Bertz CT molecular complexity index is 1470. The highest BCUT2D eigenvalue weighted by Crippen LogP contribution is 2.48. The van der Waals surface area contributed by atoms with Gasteiger partial charge in [-0.1, -0.05) is 78.0 Å². The molecule has 0 spiro atoms. The second kappa shape index (κ2) is 8.50. The van der Waals surface area contributed by atoms with Crippen LogP contribution in [0.4, 0.5) is 0 Å². The first-order valence-electron chi connectivity index (χ1n) is 11.3. The van der Waals surface area contributed by atoms with E-state index in [0.717, 1.165) is 22.3 Å². The molecule has 0 unspecified atom stereocenters. The quantitative estimate of drug-likeness (QED) is 0.333. The molecule has 35 heavy (non-hydrogen) atoms. The fraction of sp³-hybridized carbons (Fsp3) is 0.214. The van der Waals surface area contributed by atoms with E-state index >= 15 is 0 Å². The van der Waals surface area contributed by atoms with Crippen molar-refractivity contribution in [3.8, 4) is 33.6 Å². The Balaban J connectivity index is 0.000000362. The van der Waals surface area contributed by atoms with E-state index in [1.54, 1.807) is 6.92 Å². The molecule has 0 aliphatic heterocycles. The molecule has 0 radical (unpaired) electrons. The topological polar surface area (TPSA) is 97.5 Å². The first kappa shape index (κ1) is 23.1. The predicted molar refractivity (Wildman–Crippen MR) is 135 cm³/mol. The van der Waals surface area contributed by atoms with E-state index in [2.05, 4.69) is 29.4 Å². The van der Waals surface area contributed by atoms with Crippen molar-refractivity contribution in [1.82, 2.24) is 5.16 Å². The Morgan fingerprint density at radius 1 is 0.857 bits per heavy atom. The van der Waals surface area contributed by atoms with E-state index in [1.165, 1.54) is 17.4 Å². The van der Waals surface area contributed by atoms with Crippen molar-refractivity contribution in [2.24, 2.45) is 0 Å². The number of aryl methyl sites for hydroxylation is 1. The predicted octanol–water partition coefficient (Wildman–Crippen LogP) is 5.64. The average molecular weight is 488 g/mol. The molecule has 3 aromatic rings. The van der Waals surface area contributed by atoms with Gasteiger partial charge in [0.15, 0.2) is 15.6 Å². The Kier molecular flexibility index (Phi) is 5.60. The summed E-state index contributed by atoms with van der Waals surface area (Å²) < 4.78 is 28.8. The minimum absolute atomic E-state index is 0.119. The molecule has 0 bridgehead atoms. The molecule has 1 saturated carbocycles. The first-order valence-corrected chi connectivity index (χ1v) is 13.4. The van der Waals surface area contributed by atoms with Gasteiger partial charge in [0.2, 0.25) is 0 Å². The van der Waals surface area contributed by atoms with Gasteiger partial charge in [-0.25, -0.2) is 8.42 Å². The maximum Gasteiger partial charge on any atom is 0.314 e. The van der Waals surface area contributed by atoms with Gasteiger partial charge in [0.1, 0.15) is 0 Å². The van der Waals surface area contributed by atoms with E-state index in [4.69, 9.17) is 4.52 Å². The number of carbonyl (C=O) groups is 1. The largest absolute Gasteiger partial charge is 0.481 e. The van der Waals surface area contributed by atoms with Crippen LogP contribution in [0.25, 0.3) is 33.6 Å². The lowest BCUT2D eigenvalue weighted by molar-refractivity contribution is -0.140. The third-order valence-electron chi connectivity index (χ3n) is 6.69. The second-order valence-corrected chi connectivity index (χ2v) is 11.4. The van der Waals surface area contributed by atoms with Crippen LogP contribution in [0.3, 0.4) is 0 Å². The van der Waals surface area contributed by atoms with Crippen molar-refractivity contribution in [2.45, 2.75) is 30.9 Å². The Labute approximate surface area is 204 Å². The average Bonchev–Trinajstić information content (AvgIpc) is 3.56. The molecule has 1 fully saturated rings. The molecule has 0 amide bonds. The third-order valence-corrected chi connectivity index (χ3v) is 7.50. The number of rotatable bonds is 6. The summed E-state index contributed by atoms with van der Waals surface area (Å²) in [6, 6.07) is 23.7. The molecule has 0 atom stereocenters. The number of fused-ring (bicyclic) bond motifs is 1. The lowest BCUT2D eigenvalue weighted by atomic mass is 9.93. The fourth-order valence-electron chi connectivity index (χ4n) is 4.26. The molecule has 6 nitrogen and oxygen atoms in total. The molecule has 3 aliphatic rings. The summed E-state index contributed by atoms with van der Waals surface area (Å²) >= 11 is 0. The zero-order valence-corrected chi connectivity index (χ0v) is 20.3. The number of benzene rings is 3. The maximum atomic E-state index is 11.7. The number of nitrogens with zero attached hydrogens (tertiary/aromatic N) is 1. The number of carboxylic acid groups (broad SMARTS) is 1. The third kappa shape index (κ3) is 4.51. The number of sulfone groups is 1. The summed E-state index contributed by atoms with van der Waals surface area (Å²) in [5.74, 6) is -0.416. The molecule has 3 aliphatic carbocycles. The van der Waals surface area contributed by atoms with Gasteiger partial charge >= 0.3 is 5.97 Å². The number of carboxylic acids is 1. The smallest absolute Gasteiger partial charge is 0.314 e. The van der Waals surface area contributed by atoms with Gasteiger partial charge in [0.25, 0.3) is 0 Å². The van der Waals surface area contributed by atoms with Gasteiger partial charge in [-0.3, -0.25) is 4.79 Å². The van der Waals surface area contributed by atoms with Crippen LogP contribution in [-0.2, 0) is 25.8 Å². The molecule has 7 heteroatoms. The summed E-state index contributed by atoms with van der Waals surface area (Å²) in [5.41, 5.74) is 6.84. The van der Waals surface area contributed by atoms with Gasteiger partial charge in [-0.05, 0) is 47.6 Å². The van der Waals surface area contributed by atoms with E-state index in [1.807, 2.05) is 48.5 Å². The molecule has 0 saturated heterocycles. The highest BCUT2D eigenvalue weighted by molar-refractivity contribution is 7.89. The van der Waals surface area contributed by atoms with Crippen LogP contribution < -0.4 is 0 Å². The molecular weight excluding hydrogens is 462 g/mol. The lowest BCUT2D eigenvalue weighted by Crippen LogP contribution is -2.19. The number of hydrogen-bond donors (Lipinski definition) is 1. The SMILES string of the molecule is Cc1noc(-c2ccc(-c3ccc(C4(C(=O)O)CC4)cc3)cc2)c1CS(C)(=O)=O.c1cc2ccc1-2. The van der Waals surface area contributed by atoms with E-state index < -0.39 is 21.2 Å². The van der Waals surface area contributed by atoms with Gasteiger partial charge in [-0.15, -0.1) is 0 Å². The van der Waals surface area contributed by atoms with Crippen LogP contribution >= 0.6 is 0 Å². The second-order valence-electron chi connectivity index (χ2n) is 9.27. The number of aliphatic carboxylic acids is 1. The minimum atomic E-state index is -3.21. The highest BCUT2D eigenvalue weighted by Gasteiger charge is 2.51. The summed E-state index contributed by atoms with van der Waals surface area (Å²) in [7, 11) is -3.21. The van der Waals surface area contributed by atoms with Crippen LogP contribution in [0.1, 0.15) is 29.7 Å². The van der Waals surface area contributed by atoms with Crippen LogP contribution in [0.5, 0.6) is 0 Å². The zero-order chi connectivity index (χ0) is 24.8. The van der Waals surface area contributed by atoms with Gasteiger partial charge in [-0.2, -0.15) is 0 Å². The van der Waals surface area contributed by atoms with Crippen molar-refractivity contribution in [2.75, 3.05) is 6.26 Å². The van der Waals surface area contributed by atoms with Crippen molar-refractivity contribution >= 4 is 15.8 Å². The van der Waals surface area contributed by atoms with Gasteiger partial charge in [0, 0.05) is 17.4 Å². The molecule has 178 valence electrons. The number of hydrogen-bond acceptors (Lipinski definition) is 5. The zero-order valence-electron chi connectivity index (χ0n) is 19.5. The highest BCUT2D eigenvalue weighted by atomic mass is 32.2. The van der Waals surface area contributed by atoms with E-state index in [9.17, 15) is 18.3 Å². The monoisotopic (exact) mass is 487 g/mol. The van der Waals surface area contributed by atoms with Crippen LogP contribution in [0, 0.1) is 6.92 Å². The lowest BCUT2D eigenvalue weighted by Gasteiger charge is -2.11. The van der Waals surface area contributed by atoms with Crippen LogP contribution in [0.15, 0.2) is 77.3 Å². The Morgan fingerprint density at radius 3 is 1.69 bits per heavy atom. The standard InChI is InChI=1S/C22H21NO5S.C6H4/c1-14-19(13-29(2,26)27)20(28-23-14)17-5-3-15(4-6-17)16-7-9-18(10-8-16)22(11-12-22)21(24)25;1-2-6-4-3-5(1)6/h3-10H,11-13H2,1-2H3,(H,24,25);1-4H. The van der Waals surface area contributed by atoms with Crippen molar-refractivity contribution in [1.29, 1.82) is 0 Å². The molecular formula is C28H25NO5S. The molecule has 6 rings (SSSR count). The van der Waals surface area contributed by atoms with E-state index in [0.29, 0.717) is 29.9 Å². The summed E-state index contributed by atoms with van der Waals surface area (Å²) in [6.07, 6.45) is 2.55.